The van der Waals surface area contributed by atoms with E-state index in [1.807, 2.05) is 12.1 Å². The van der Waals surface area contributed by atoms with Crippen LogP contribution in [-0.2, 0) is 11.2 Å². The summed E-state index contributed by atoms with van der Waals surface area (Å²) in [7, 11) is 0. The van der Waals surface area contributed by atoms with Gasteiger partial charge < -0.3 is 14.3 Å². The summed E-state index contributed by atoms with van der Waals surface area (Å²) in [5.41, 5.74) is 0. The molecule has 1 N–H and O–H groups in total. The van der Waals surface area contributed by atoms with E-state index in [-0.39, 0.29) is 12.0 Å². The summed E-state index contributed by atoms with van der Waals surface area (Å²) in [6, 6.07) is 3.77. The fraction of sp³-hybridized carbons (Fsp3) is 0.556. The van der Waals surface area contributed by atoms with E-state index in [9.17, 15) is 5.11 Å². The van der Waals surface area contributed by atoms with Crippen molar-refractivity contribution < 1.29 is 14.3 Å². The Kier molecular flexibility index (Phi) is 2.71. The molecule has 0 unspecified atom stereocenters. The molecular formula is C9H11BrO3. The molecule has 2 rings (SSSR count). The van der Waals surface area contributed by atoms with Gasteiger partial charge in [-0.1, -0.05) is 0 Å². The minimum absolute atomic E-state index is 0.179. The van der Waals surface area contributed by atoms with Crippen molar-refractivity contribution in [2.24, 2.45) is 5.92 Å². The smallest absolute Gasteiger partial charge is 0.169 e. The third-order valence-corrected chi connectivity index (χ3v) is 2.68. The second-order valence-corrected chi connectivity index (χ2v) is 4.06. The van der Waals surface area contributed by atoms with Gasteiger partial charge in [-0.2, -0.15) is 0 Å². The Morgan fingerprint density at radius 3 is 2.85 bits per heavy atom. The van der Waals surface area contributed by atoms with Crippen LogP contribution >= 0.6 is 15.9 Å². The number of aliphatic hydroxyl groups excluding tert-OH is 1. The Labute approximate surface area is 84.8 Å². The van der Waals surface area contributed by atoms with Gasteiger partial charge in [-0.3, -0.25) is 0 Å². The van der Waals surface area contributed by atoms with E-state index in [4.69, 9.17) is 9.15 Å². The van der Waals surface area contributed by atoms with Crippen LogP contribution in [0.3, 0.4) is 0 Å². The van der Waals surface area contributed by atoms with Gasteiger partial charge in [0.1, 0.15) is 5.76 Å². The van der Waals surface area contributed by atoms with E-state index in [0.29, 0.717) is 13.2 Å². The van der Waals surface area contributed by atoms with E-state index in [1.165, 1.54) is 0 Å². The highest BCUT2D eigenvalue weighted by atomic mass is 79.9. The van der Waals surface area contributed by atoms with E-state index < -0.39 is 0 Å². The van der Waals surface area contributed by atoms with Crippen molar-refractivity contribution in [1.29, 1.82) is 0 Å². The molecule has 1 fully saturated rings. The Bertz CT molecular complexity index is 284. The maximum absolute atomic E-state index is 9.48. The molecule has 0 spiro atoms. The van der Waals surface area contributed by atoms with Crippen molar-refractivity contribution >= 4 is 15.9 Å². The number of ether oxygens (including phenoxy) is 1. The van der Waals surface area contributed by atoms with E-state index >= 15 is 0 Å². The third kappa shape index (κ3) is 2.13. The Morgan fingerprint density at radius 2 is 2.31 bits per heavy atom. The lowest BCUT2D eigenvalue weighted by Crippen LogP contribution is -2.19. The van der Waals surface area contributed by atoms with Gasteiger partial charge in [0.05, 0.1) is 19.3 Å². The first-order valence-electron chi connectivity index (χ1n) is 4.26. The second kappa shape index (κ2) is 3.82. The molecule has 0 aromatic carbocycles. The number of hydrogen-bond donors (Lipinski definition) is 1. The van der Waals surface area contributed by atoms with Crippen LogP contribution in [0, 0.1) is 5.92 Å². The quantitative estimate of drug-likeness (QED) is 0.862. The maximum Gasteiger partial charge on any atom is 0.169 e. The molecule has 1 saturated heterocycles. The number of rotatable bonds is 2. The Hall–Kier alpha value is -0.320. The lowest BCUT2D eigenvalue weighted by molar-refractivity contribution is 0.117. The van der Waals surface area contributed by atoms with Crippen LogP contribution in [0.5, 0.6) is 0 Å². The Morgan fingerprint density at radius 1 is 1.46 bits per heavy atom. The fourth-order valence-corrected chi connectivity index (χ4v) is 1.84. The molecule has 0 radical (unpaired) electrons. The van der Waals surface area contributed by atoms with E-state index in [2.05, 4.69) is 15.9 Å². The van der Waals surface area contributed by atoms with Crippen LogP contribution in [0.25, 0.3) is 0 Å². The van der Waals surface area contributed by atoms with Gasteiger partial charge in [-0.25, -0.2) is 0 Å². The molecule has 2 atom stereocenters. The van der Waals surface area contributed by atoms with Crippen LogP contribution in [0.2, 0.25) is 0 Å². The van der Waals surface area contributed by atoms with Gasteiger partial charge in [0, 0.05) is 12.3 Å². The molecule has 72 valence electrons. The third-order valence-electron chi connectivity index (χ3n) is 2.26. The minimum Gasteiger partial charge on any atom is -0.454 e. The predicted octanol–water partition coefficient (Wildman–Crippen LogP) is 1.59. The van der Waals surface area contributed by atoms with E-state index in [1.54, 1.807) is 0 Å². The molecular weight excluding hydrogens is 236 g/mol. The van der Waals surface area contributed by atoms with Crippen LogP contribution in [0.4, 0.5) is 0 Å². The van der Waals surface area contributed by atoms with Crippen molar-refractivity contribution in [2.75, 3.05) is 13.2 Å². The van der Waals surface area contributed by atoms with Crippen molar-refractivity contribution in [1.82, 2.24) is 0 Å². The molecule has 0 saturated carbocycles. The number of halogens is 1. The van der Waals surface area contributed by atoms with Crippen LogP contribution < -0.4 is 0 Å². The molecule has 4 heteroatoms. The average molecular weight is 247 g/mol. The van der Waals surface area contributed by atoms with Crippen LogP contribution in [0.15, 0.2) is 21.2 Å². The summed E-state index contributed by atoms with van der Waals surface area (Å²) in [6.07, 6.45) is 0.399. The SMILES string of the molecule is O[C@@H]1COC[C@H]1Cc1ccc(Br)o1. The lowest BCUT2D eigenvalue weighted by Gasteiger charge is -2.09. The van der Waals surface area contributed by atoms with Gasteiger partial charge in [0.25, 0.3) is 0 Å². The van der Waals surface area contributed by atoms with Crippen molar-refractivity contribution in [3.05, 3.63) is 22.6 Å². The number of furan rings is 1. The first-order chi connectivity index (χ1) is 6.25. The second-order valence-electron chi connectivity index (χ2n) is 3.27. The summed E-state index contributed by atoms with van der Waals surface area (Å²) in [4.78, 5) is 0. The summed E-state index contributed by atoms with van der Waals surface area (Å²) in [6.45, 7) is 1.08. The summed E-state index contributed by atoms with van der Waals surface area (Å²) in [5, 5.41) is 9.48. The largest absolute Gasteiger partial charge is 0.454 e. The van der Waals surface area contributed by atoms with Crippen LogP contribution in [-0.4, -0.2) is 24.4 Å². The topological polar surface area (TPSA) is 42.6 Å². The number of aliphatic hydroxyl groups is 1. The van der Waals surface area contributed by atoms with Crippen molar-refractivity contribution in [3.8, 4) is 0 Å². The van der Waals surface area contributed by atoms with Gasteiger partial charge in [-0.05, 0) is 28.1 Å². The summed E-state index contributed by atoms with van der Waals surface area (Å²) >= 11 is 3.24. The molecule has 2 heterocycles. The molecule has 0 amide bonds. The highest BCUT2D eigenvalue weighted by molar-refractivity contribution is 9.10. The average Bonchev–Trinajstić information content (AvgIpc) is 2.64. The molecule has 1 aliphatic rings. The molecule has 1 aromatic rings. The number of hydrogen-bond acceptors (Lipinski definition) is 3. The molecule has 3 nitrogen and oxygen atoms in total. The predicted molar refractivity (Wildman–Crippen MR) is 50.4 cm³/mol. The zero-order valence-corrected chi connectivity index (χ0v) is 8.66. The van der Waals surface area contributed by atoms with Crippen molar-refractivity contribution in [2.45, 2.75) is 12.5 Å². The molecule has 13 heavy (non-hydrogen) atoms. The monoisotopic (exact) mass is 246 g/mol. The molecule has 0 aliphatic carbocycles. The standard InChI is InChI=1S/C9H11BrO3/c10-9-2-1-7(13-9)3-6-4-12-5-8(6)11/h1-2,6,8,11H,3-5H2/t6-,8-/m1/s1. The normalized spacial score (nSPS) is 28.2. The zero-order valence-electron chi connectivity index (χ0n) is 7.07. The van der Waals surface area contributed by atoms with Gasteiger partial charge in [-0.15, -0.1) is 0 Å². The van der Waals surface area contributed by atoms with E-state index in [0.717, 1.165) is 16.9 Å². The van der Waals surface area contributed by atoms with Gasteiger partial charge >= 0.3 is 0 Å². The first kappa shape index (κ1) is 9.24. The fourth-order valence-electron chi connectivity index (χ4n) is 1.50. The highest BCUT2D eigenvalue weighted by Crippen LogP contribution is 2.22. The van der Waals surface area contributed by atoms with Gasteiger partial charge in [0.2, 0.25) is 0 Å². The highest BCUT2D eigenvalue weighted by Gasteiger charge is 2.27. The first-order valence-corrected chi connectivity index (χ1v) is 5.05. The molecule has 1 aromatic heterocycles. The molecule has 0 bridgehead atoms. The van der Waals surface area contributed by atoms with Crippen LogP contribution in [0.1, 0.15) is 5.76 Å². The lowest BCUT2D eigenvalue weighted by atomic mass is 10.0. The Balaban J connectivity index is 1.97. The summed E-state index contributed by atoms with van der Waals surface area (Å²) < 4.78 is 11.2. The van der Waals surface area contributed by atoms with Crippen molar-refractivity contribution in [3.63, 3.8) is 0 Å². The summed E-state index contributed by atoms with van der Waals surface area (Å²) in [5.74, 6) is 1.07. The maximum atomic E-state index is 9.48. The van der Waals surface area contributed by atoms with Gasteiger partial charge in [0.15, 0.2) is 4.67 Å². The minimum atomic E-state index is -0.344. The molecule has 1 aliphatic heterocycles. The zero-order chi connectivity index (χ0) is 9.26.